The monoisotopic (exact) mass is 365 g/mol. The first-order chi connectivity index (χ1) is 13.3. The molecule has 1 amide bonds. The number of rotatable bonds is 6. The predicted octanol–water partition coefficient (Wildman–Crippen LogP) is 3.48. The van der Waals surface area contributed by atoms with E-state index in [1.54, 1.807) is 6.20 Å². The van der Waals surface area contributed by atoms with Crippen molar-refractivity contribution in [3.05, 3.63) is 54.9 Å². The predicted molar refractivity (Wildman–Crippen MR) is 104 cm³/mol. The van der Waals surface area contributed by atoms with Gasteiger partial charge in [-0.3, -0.25) is 9.48 Å². The molecule has 2 heterocycles. The Morgan fingerprint density at radius 2 is 2.00 bits per heavy atom. The fraction of sp³-hybridized carbons (Fsp3) is 0.333. The van der Waals surface area contributed by atoms with Crippen LogP contribution in [0.1, 0.15) is 12.8 Å². The maximum absolute atomic E-state index is 12.2. The molecule has 0 saturated carbocycles. The number of amides is 1. The number of hydrogen-bond donors (Lipinski definition) is 1. The lowest BCUT2D eigenvalue weighted by atomic mass is 10.0. The Balaban J connectivity index is 1.28. The van der Waals surface area contributed by atoms with Gasteiger partial charge in [0.25, 0.3) is 5.91 Å². The minimum absolute atomic E-state index is 0.0382. The maximum Gasteiger partial charge on any atom is 0.262 e. The normalized spacial score (nSPS) is 15.0. The van der Waals surface area contributed by atoms with Crippen LogP contribution in [0.15, 0.2) is 54.9 Å². The van der Waals surface area contributed by atoms with Crippen molar-refractivity contribution in [2.24, 2.45) is 5.92 Å². The molecular formula is C21H23N3O3. The summed E-state index contributed by atoms with van der Waals surface area (Å²) in [7, 11) is 0. The lowest BCUT2D eigenvalue weighted by Gasteiger charge is -2.21. The van der Waals surface area contributed by atoms with E-state index < -0.39 is 0 Å². The molecule has 27 heavy (non-hydrogen) atoms. The zero-order valence-electron chi connectivity index (χ0n) is 15.1. The highest BCUT2D eigenvalue weighted by Gasteiger charge is 2.15. The molecule has 1 saturated heterocycles. The summed E-state index contributed by atoms with van der Waals surface area (Å²) in [5, 5.41) is 9.40. The van der Waals surface area contributed by atoms with Crippen molar-refractivity contribution in [1.29, 1.82) is 0 Å². The van der Waals surface area contributed by atoms with Crippen molar-refractivity contribution in [3.63, 3.8) is 0 Å². The average Bonchev–Trinajstić information content (AvgIpc) is 3.13. The van der Waals surface area contributed by atoms with Gasteiger partial charge in [-0.25, -0.2) is 0 Å². The Labute approximate surface area is 158 Å². The molecule has 1 N–H and O–H groups in total. The van der Waals surface area contributed by atoms with Crippen LogP contribution in [0.4, 0.5) is 5.69 Å². The van der Waals surface area contributed by atoms with Crippen molar-refractivity contribution in [3.8, 4) is 5.75 Å². The summed E-state index contributed by atoms with van der Waals surface area (Å²) >= 11 is 0. The van der Waals surface area contributed by atoms with Crippen molar-refractivity contribution < 1.29 is 14.3 Å². The van der Waals surface area contributed by atoms with Gasteiger partial charge in [0.2, 0.25) is 0 Å². The van der Waals surface area contributed by atoms with Gasteiger partial charge in [0.15, 0.2) is 6.61 Å². The summed E-state index contributed by atoms with van der Waals surface area (Å²) in [6, 6.07) is 13.9. The Bertz CT molecular complexity index is 916. The van der Waals surface area contributed by atoms with Gasteiger partial charge in [-0.15, -0.1) is 0 Å². The van der Waals surface area contributed by atoms with Gasteiger partial charge >= 0.3 is 0 Å². The zero-order chi connectivity index (χ0) is 18.5. The second-order valence-corrected chi connectivity index (χ2v) is 6.85. The number of nitrogens with one attached hydrogen (secondary N) is 1. The maximum atomic E-state index is 12.2. The third-order valence-electron chi connectivity index (χ3n) is 4.79. The highest BCUT2D eigenvalue weighted by Crippen LogP contribution is 2.21. The van der Waals surface area contributed by atoms with Crippen LogP contribution in [0.2, 0.25) is 0 Å². The second kappa shape index (κ2) is 8.22. The largest absolute Gasteiger partial charge is 0.484 e. The van der Waals surface area contributed by atoms with Crippen LogP contribution in [0.25, 0.3) is 10.8 Å². The van der Waals surface area contributed by atoms with Gasteiger partial charge in [-0.2, -0.15) is 5.10 Å². The molecule has 1 fully saturated rings. The standard InChI is InChI=1S/C21H23N3O3/c25-21(15-27-20-6-5-17-3-1-2-4-18(17)11-20)23-19-12-22-24(14-19)13-16-7-9-26-10-8-16/h1-6,11-12,14,16H,7-10,13,15H2,(H,23,25). The molecule has 140 valence electrons. The molecule has 0 radical (unpaired) electrons. The molecule has 1 aromatic heterocycles. The number of aromatic nitrogens is 2. The minimum Gasteiger partial charge on any atom is -0.484 e. The number of hydrogen-bond acceptors (Lipinski definition) is 4. The molecule has 2 aromatic carbocycles. The fourth-order valence-corrected chi connectivity index (χ4v) is 3.32. The van der Waals surface area contributed by atoms with Crippen LogP contribution < -0.4 is 10.1 Å². The number of nitrogens with zero attached hydrogens (tertiary/aromatic N) is 2. The SMILES string of the molecule is O=C(COc1ccc2ccccc2c1)Nc1cnn(CC2CCOCC2)c1. The summed E-state index contributed by atoms with van der Waals surface area (Å²) in [5.74, 6) is 1.06. The first-order valence-electron chi connectivity index (χ1n) is 9.28. The van der Waals surface area contributed by atoms with Gasteiger partial charge in [-0.1, -0.05) is 30.3 Å². The Morgan fingerprint density at radius 3 is 2.85 bits per heavy atom. The van der Waals surface area contributed by atoms with Crippen LogP contribution in [-0.4, -0.2) is 35.5 Å². The number of fused-ring (bicyclic) bond motifs is 1. The number of ether oxygens (including phenoxy) is 2. The van der Waals surface area contributed by atoms with E-state index >= 15 is 0 Å². The molecule has 0 unspecified atom stereocenters. The van der Waals surface area contributed by atoms with Gasteiger partial charge < -0.3 is 14.8 Å². The van der Waals surface area contributed by atoms with E-state index in [4.69, 9.17) is 9.47 Å². The summed E-state index contributed by atoms with van der Waals surface area (Å²) in [6.07, 6.45) is 5.65. The van der Waals surface area contributed by atoms with Crippen LogP contribution in [0, 0.1) is 5.92 Å². The molecule has 0 aliphatic carbocycles. The van der Waals surface area contributed by atoms with Crippen molar-refractivity contribution in [2.45, 2.75) is 19.4 Å². The molecule has 0 spiro atoms. The van der Waals surface area contributed by atoms with E-state index in [0.717, 1.165) is 43.4 Å². The molecule has 3 aromatic rings. The Hall–Kier alpha value is -2.86. The van der Waals surface area contributed by atoms with Crippen LogP contribution >= 0.6 is 0 Å². The summed E-state index contributed by atoms with van der Waals surface area (Å²) in [6.45, 7) is 2.46. The molecule has 0 atom stereocenters. The highest BCUT2D eigenvalue weighted by atomic mass is 16.5. The second-order valence-electron chi connectivity index (χ2n) is 6.85. The van der Waals surface area contributed by atoms with Crippen molar-refractivity contribution in [1.82, 2.24) is 9.78 Å². The van der Waals surface area contributed by atoms with Crippen LogP contribution in [-0.2, 0) is 16.1 Å². The van der Waals surface area contributed by atoms with E-state index in [2.05, 4.69) is 10.4 Å². The average molecular weight is 365 g/mol. The van der Waals surface area contributed by atoms with Crippen molar-refractivity contribution in [2.75, 3.05) is 25.1 Å². The number of carbonyl (C=O) groups excluding carboxylic acids is 1. The summed E-state index contributed by atoms with van der Waals surface area (Å²) < 4.78 is 12.9. The number of anilines is 1. The van der Waals surface area contributed by atoms with Gasteiger partial charge in [0, 0.05) is 26.0 Å². The molecule has 4 rings (SSSR count). The molecule has 0 bridgehead atoms. The quantitative estimate of drug-likeness (QED) is 0.726. The number of benzene rings is 2. The van der Waals surface area contributed by atoms with Gasteiger partial charge in [0.1, 0.15) is 5.75 Å². The highest BCUT2D eigenvalue weighted by molar-refractivity contribution is 5.91. The Kier molecular flexibility index (Phi) is 5.34. The van der Waals surface area contributed by atoms with E-state index in [1.165, 1.54) is 0 Å². The summed E-state index contributed by atoms with van der Waals surface area (Å²) in [5.41, 5.74) is 0.689. The van der Waals surface area contributed by atoms with Crippen molar-refractivity contribution >= 4 is 22.4 Å². The van der Waals surface area contributed by atoms with Crippen LogP contribution in [0.3, 0.4) is 0 Å². The van der Waals surface area contributed by atoms with E-state index in [0.29, 0.717) is 17.4 Å². The third kappa shape index (κ3) is 4.65. The van der Waals surface area contributed by atoms with E-state index in [-0.39, 0.29) is 12.5 Å². The van der Waals surface area contributed by atoms with Crippen LogP contribution in [0.5, 0.6) is 5.75 Å². The molecular weight excluding hydrogens is 342 g/mol. The third-order valence-corrected chi connectivity index (χ3v) is 4.79. The topological polar surface area (TPSA) is 65.4 Å². The first-order valence-corrected chi connectivity index (χ1v) is 9.28. The molecule has 6 nitrogen and oxygen atoms in total. The lowest BCUT2D eigenvalue weighted by molar-refractivity contribution is -0.118. The zero-order valence-corrected chi connectivity index (χ0v) is 15.1. The smallest absolute Gasteiger partial charge is 0.262 e. The van der Waals surface area contributed by atoms with Gasteiger partial charge in [0.05, 0.1) is 11.9 Å². The van der Waals surface area contributed by atoms with E-state index in [1.807, 2.05) is 53.3 Å². The minimum atomic E-state index is -0.200. The van der Waals surface area contributed by atoms with Gasteiger partial charge in [-0.05, 0) is 41.7 Å². The molecule has 1 aliphatic heterocycles. The first kappa shape index (κ1) is 17.5. The molecule has 1 aliphatic rings. The Morgan fingerprint density at radius 1 is 1.19 bits per heavy atom. The summed E-state index contributed by atoms with van der Waals surface area (Å²) in [4.78, 5) is 12.2. The fourth-order valence-electron chi connectivity index (χ4n) is 3.32. The number of carbonyl (C=O) groups is 1. The lowest BCUT2D eigenvalue weighted by Crippen LogP contribution is -2.21. The van der Waals surface area contributed by atoms with E-state index in [9.17, 15) is 4.79 Å². The molecule has 6 heteroatoms.